The van der Waals surface area contributed by atoms with E-state index < -0.39 is 11.8 Å². The molecule has 28 heavy (non-hydrogen) atoms. The van der Waals surface area contributed by atoms with Crippen LogP contribution in [0.4, 0.5) is 0 Å². The topological polar surface area (TPSA) is 98.2 Å². The van der Waals surface area contributed by atoms with E-state index in [1.807, 2.05) is 25.1 Å². The molecule has 0 aromatic heterocycles. The summed E-state index contributed by atoms with van der Waals surface area (Å²) in [5.41, 5.74) is 4.49. The summed E-state index contributed by atoms with van der Waals surface area (Å²) in [6.45, 7) is 1.71. The lowest BCUT2D eigenvalue weighted by Crippen LogP contribution is -2.34. The van der Waals surface area contributed by atoms with Crippen molar-refractivity contribution in [1.82, 2.24) is 10.7 Å². The van der Waals surface area contributed by atoms with Gasteiger partial charge in [0.25, 0.3) is 11.8 Å². The Morgan fingerprint density at radius 1 is 0.964 bits per heavy atom. The Hall–Kier alpha value is -3.55. The van der Waals surface area contributed by atoms with E-state index in [9.17, 15) is 9.59 Å². The summed E-state index contributed by atoms with van der Waals surface area (Å²) >= 11 is 0. The number of hydrazone groups is 1. The lowest BCUT2D eigenvalue weighted by atomic mass is 10.1. The number of carbonyl (C=O) groups excluding carboxylic acids is 2. The van der Waals surface area contributed by atoms with Crippen molar-refractivity contribution in [3.63, 3.8) is 0 Å². The van der Waals surface area contributed by atoms with Crippen molar-refractivity contribution < 1.29 is 23.8 Å². The van der Waals surface area contributed by atoms with Gasteiger partial charge < -0.3 is 19.5 Å². The maximum Gasteiger partial charge on any atom is 0.259 e. The Kier molecular flexibility index (Phi) is 7.38. The van der Waals surface area contributed by atoms with Crippen LogP contribution in [0.15, 0.2) is 41.5 Å². The van der Waals surface area contributed by atoms with Crippen LogP contribution in [0.2, 0.25) is 0 Å². The van der Waals surface area contributed by atoms with Crippen LogP contribution in [0, 0.1) is 6.92 Å². The number of benzene rings is 2. The molecule has 8 nitrogen and oxygen atoms in total. The number of ether oxygens (including phenoxy) is 3. The molecular weight excluding hydrogens is 362 g/mol. The molecule has 0 fully saturated rings. The molecule has 2 aromatic carbocycles. The summed E-state index contributed by atoms with van der Waals surface area (Å²) in [5.74, 6) is 0.807. The molecular formula is C20H23N3O5. The normalized spacial score (nSPS) is 10.4. The maximum atomic E-state index is 12.2. The van der Waals surface area contributed by atoms with Crippen LogP contribution in [0.5, 0.6) is 17.2 Å². The summed E-state index contributed by atoms with van der Waals surface area (Å²) in [4.78, 5) is 24.0. The number of hydrogen-bond acceptors (Lipinski definition) is 6. The molecule has 148 valence electrons. The van der Waals surface area contributed by atoms with Crippen molar-refractivity contribution in [1.29, 1.82) is 0 Å². The van der Waals surface area contributed by atoms with Gasteiger partial charge in [0, 0.05) is 5.56 Å². The highest BCUT2D eigenvalue weighted by molar-refractivity contribution is 5.97. The summed E-state index contributed by atoms with van der Waals surface area (Å²) in [6.07, 6.45) is 1.50. The fourth-order valence-corrected chi connectivity index (χ4v) is 2.38. The van der Waals surface area contributed by atoms with Gasteiger partial charge in [0.15, 0.2) is 11.5 Å². The third kappa shape index (κ3) is 5.47. The van der Waals surface area contributed by atoms with Gasteiger partial charge in [0.2, 0.25) is 0 Å². The van der Waals surface area contributed by atoms with E-state index in [0.717, 1.165) is 16.9 Å². The fraction of sp³-hybridized carbons (Fsp3) is 0.250. The highest BCUT2D eigenvalue weighted by atomic mass is 16.5. The minimum absolute atomic E-state index is 0.220. The van der Waals surface area contributed by atoms with Crippen LogP contribution < -0.4 is 25.0 Å². The summed E-state index contributed by atoms with van der Waals surface area (Å²) in [7, 11) is 4.58. The Balaban J connectivity index is 1.87. The summed E-state index contributed by atoms with van der Waals surface area (Å²) < 4.78 is 15.5. The molecule has 0 saturated carbocycles. The molecule has 0 aliphatic carbocycles. The molecule has 2 amide bonds. The number of carbonyl (C=O) groups is 2. The Morgan fingerprint density at radius 3 is 2.36 bits per heavy atom. The molecule has 0 aliphatic rings. The average molecular weight is 385 g/mol. The number of nitrogens with one attached hydrogen (secondary N) is 2. The van der Waals surface area contributed by atoms with E-state index in [1.54, 1.807) is 19.2 Å². The number of amides is 2. The largest absolute Gasteiger partial charge is 0.496 e. The molecule has 2 N–H and O–H groups in total. The minimum Gasteiger partial charge on any atom is -0.496 e. The van der Waals surface area contributed by atoms with Crippen molar-refractivity contribution in [2.45, 2.75) is 6.92 Å². The van der Waals surface area contributed by atoms with Crippen molar-refractivity contribution in [3.05, 3.63) is 53.1 Å². The van der Waals surface area contributed by atoms with Gasteiger partial charge in [-0.1, -0.05) is 12.1 Å². The molecule has 2 rings (SSSR count). The van der Waals surface area contributed by atoms with Gasteiger partial charge in [-0.05, 0) is 42.3 Å². The minimum atomic E-state index is -0.454. The quantitative estimate of drug-likeness (QED) is 0.534. The molecule has 0 spiro atoms. The van der Waals surface area contributed by atoms with Gasteiger partial charge in [-0.15, -0.1) is 0 Å². The first kappa shape index (κ1) is 20.8. The Morgan fingerprint density at radius 2 is 1.68 bits per heavy atom. The van der Waals surface area contributed by atoms with Crippen LogP contribution in [0.1, 0.15) is 21.5 Å². The third-order valence-electron chi connectivity index (χ3n) is 3.89. The first-order chi connectivity index (χ1) is 13.5. The highest BCUT2D eigenvalue weighted by Gasteiger charge is 2.11. The Labute approximate surface area is 163 Å². The van der Waals surface area contributed by atoms with Gasteiger partial charge in [-0.25, -0.2) is 5.43 Å². The standard InChI is InChI=1S/C20H23N3O5/c1-13-5-6-14(9-17(13)27-3)11-22-23-19(24)12-21-20(25)15-7-8-16(26-2)18(10-15)28-4/h5-11H,12H2,1-4H3,(H,21,25)(H,23,24)/b22-11+. The molecule has 0 unspecified atom stereocenters. The fourth-order valence-electron chi connectivity index (χ4n) is 2.38. The molecule has 0 atom stereocenters. The van der Waals surface area contributed by atoms with E-state index in [0.29, 0.717) is 17.1 Å². The van der Waals surface area contributed by atoms with Gasteiger partial charge in [0.05, 0.1) is 34.1 Å². The molecule has 0 heterocycles. The zero-order valence-electron chi connectivity index (χ0n) is 16.2. The van der Waals surface area contributed by atoms with Crippen molar-refractivity contribution in [2.24, 2.45) is 5.10 Å². The van der Waals surface area contributed by atoms with Gasteiger partial charge in [0.1, 0.15) is 5.75 Å². The molecule has 2 aromatic rings. The number of methoxy groups -OCH3 is 3. The Bertz CT molecular complexity index is 880. The first-order valence-corrected chi connectivity index (χ1v) is 8.45. The third-order valence-corrected chi connectivity index (χ3v) is 3.89. The van der Waals surface area contributed by atoms with E-state index >= 15 is 0 Å². The van der Waals surface area contributed by atoms with Crippen molar-refractivity contribution in [2.75, 3.05) is 27.9 Å². The van der Waals surface area contributed by atoms with Crippen LogP contribution in [-0.2, 0) is 4.79 Å². The predicted molar refractivity (Wildman–Crippen MR) is 105 cm³/mol. The average Bonchev–Trinajstić information content (AvgIpc) is 2.72. The second kappa shape index (κ2) is 9.96. The zero-order chi connectivity index (χ0) is 20.5. The number of rotatable bonds is 8. The van der Waals surface area contributed by atoms with Crippen LogP contribution >= 0.6 is 0 Å². The van der Waals surface area contributed by atoms with Crippen LogP contribution in [-0.4, -0.2) is 45.9 Å². The van der Waals surface area contributed by atoms with Crippen LogP contribution in [0.25, 0.3) is 0 Å². The van der Waals surface area contributed by atoms with Crippen LogP contribution in [0.3, 0.4) is 0 Å². The smallest absolute Gasteiger partial charge is 0.259 e. The van der Waals surface area contributed by atoms with Gasteiger partial charge in [-0.3, -0.25) is 9.59 Å². The molecule has 0 bridgehead atoms. The second-order valence-electron chi connectivity index (χ2n) is 5.77. The van der Waals surface area contributed by atoms with Crippen molar-refractivity contribution >= 4 is 18.0 Å². The first-order valence-electron chi connectivity index (χ1n) is 8.45. The van der Waals surface area contributed by atoms with Gasteiger partial charge >= 0.3 is 0 Å². The number of aryl methyl sites for hydroxylation is 1. The highest BCUT2D eigenvalue weighted by Crippen LogP contribution is 2.27. The number of hydrogen-bond donors (Lipinski definition) is 2. The summed E-state index contributed by atoms with van der Waals surface area (Å²) in [6, 6.07) is 10.3. The van der Waals surface area contributed by atoms with E-state index in [1.165, 1.54) is 26.5 Å². The lowest BCUT2D eigenvalue weighted by molar-refractivity contribution is -0.120. The lowest BCUT2D eigenvalue weighted by Gasteiger charge is -2.09. The summed E-state index contributed by atoms with van der Waals surface area (Å²) in [5, 5.41) is 6.40. The maximum absolute atomic E-state index is 12.2. The monoisotopic (exact) mass is 385 g/mol. The van der Waals surface area contributed by atoms with E-state index in [2.05, 4.69) is 15.8 Å². The zero-order valence-corrected chi connectivity index (χ0v) is 16.2. The molecule has 0 radical (unpaired) electrons. The van der Waals surface area contributed by atoms with Gasteiger partial charge in [-0.2, -0.15) is 5.10 Å². The molecule has 0 saturated heterocycles. The van der Waals surface area contributed by atoms with E-state index in [4.69, 9.17) is 14.2 Å². The second-order valence-corrected chi connectivity index (χ2v) is 5.77. The van der Waals surface area contributed by atoms with Crippen molar-refractivity contribution in [3.8, 4) is 17.2 Å². The molecule has 8 heteroatoms. The molecule has 0 aliphatic heterocycles. The predicted octanol–water partition coefficient (Wildman–Crippen LogP) is 1.90. The van der Waals surface area contributed by atoms with E-state index in [-0.39, 0.29) is 6.54 Å². The SMILES string of the molecule is COc1cc(/C=N/NC(=O)CNC(=O)c2ccc(OC)c(OC)c2)ccc1C. The number of nitrogens with zero attached hydrogens (tertiary/aromatic N) is 1.